The molecule has 0 aliphatic carbocycles. The van der Waals surface area contributed by atoms with Crippen LogP contribution in [0.4, 0.5) is 56.9 Å². The van der Waals surface area contributed by atoms with E-state index < -0.39 is 74.4 Å². The molecular formula is C51H50ClN13O16S6. The molecule has 0 aliphatic rings. The largest absolute Gasteiger partial charge is 0.493 e. The molecule has 2 heterocycles. The second-order valence-electron chi connectivity index (χ2n) is 18.5. The van der Waals surface area contributed by atoms with E-state index in [4.69, 9.17) is 16.3 Å². The summed E-state index contributed by atoms with van der Waals surface area (Å²) in [4.78, 5) is 29.7. The molecule has 0 bridgehead atoms. The van der Waals surface area contributed by atoms with Crippen molar-refractivity contribution in [3.05, 3.63) is 101 Å². The summed E-state index contributed by atoms with van der Waals surface area (Å²) < 4.78 is 139. The first-order valence-electron chi connectivity index (χ1n) is 25.1. The highest BCUT2D eigenvalue weighted by molar-refractivity contribution is 7.99. The van der Waals surface area contributed by atoms with Gasteiger partial charge in [0.2, 0.25) is 17.7 Å². The van der Waals surface area contributed by atoms with Gasteiger partial charge in [-0.1, -0.05) is 23.7 Å². The summed E-state index contributed by atoms with van der Waals surface area (Å²) in [6, 6.07) is 20.8. The SMILES string of the molecule is CC(=O)Nc1cc(N=Nc2cc(SCCCS(=O)(=O)O)c(N=Nc3cc(OCCCS(=O)(=O)O)c(N=Nc4c(C)c(C#N)c5nc6ccccc6n5c4O)cc3C)cc2NC(C)=O)c(SCCCS(=O)(=O)O)cc1N=Nc1ccc(Cl)c(S(=O)(=O)O)c1. The second-order valence-corrected chi connectivity index (χ2v) is 27.3. The quantitative estimate of drug-likeness (QED) is 0.0115. The number of aryl methyl sites for hydroxylation is 1. The number of pyridine rings is 1. The first-order valence-corrected chi connectivity index (χ1v) is 33.8. The van der Waals surface area contributed by atoms with Crippen molar-refractivity contribution in [3.63, 3.8) is 0 Å². The van der Waals surface area contributed by atoms with Gasteiger partial charge in [0.25, 0.3) is 40.5 Å². The minimum absolute atomic E-state index is 0.0000994. The van der Waals surface area contributed by atoms with Crippen LogP contribution in [0.5, 0.6) is 11.6 Å². The molecule has 0 atom stereocenters. The number of carbonyl (C=O) groups is 2. The fourth-order valence-electron chi connectivity index (χ4n) is 7.89. The van der Waals surface area contributed by atoms with Crippen LogP contribution in [0.3, 0.4) is 0 Å². The van der Waals surface area contributed by atoms with E-state index in [9.17, 15) is 71.8 Å². The monoisotopic (exact) mass is 1330 g/mol. The Labute approximate surface area is 510 Å². The summed E-state index contributed by atoms with van der Waals surface area (Å²) >= 11 is 8.05. The Bertz CT molecular complexity index is 4520. The van der Waals surface area contributed by atoms with Crippen molar-refractivity contribution >= 4 is 161 Å². The van der Waals surface area contributed by atoms with Crippen LogP contribution >= 0.6 is 35.1 Å². The second kappa shape index (κ2) is 28.3. The Morgan fingerprint density at radius 2 is 1.17 bits per heavy atom. The molecule has 5 aromatic carbocycles. The van der Waals surface area contributed by atoms with Crippen molar-refractivity contribution in [2.45, 2.75) is 61.6 Å². The number of hydrogen-bond acceptors (Lipinski definition) is 24. The molecule has 29 nitrogen and oxygen atoms in total. The van der Waals surface area contributed by atoms with Gasteiger partial charge in [0.05, 0.1) is 62.7 Å². The highest BCUT2D eigenvalue weighted by atomic mass is 35.5. The van der Waals surface area contributed by atoms with E-state index in [-0.39, 0.29) is 137 Å². The van der Waals surface area contributed by atoms with Gasteiger partial charge in [0.15, 0.2) is 11.3 Å². The lowest BCUT2D eigenvalue weighted by atomic mass is 10.1. The van der Waals surface area contributed by atoms with Gasteiger partial charge in [0, 0.05) is 35.3 Å². The lowest BCUT2D eigenvalue weighted by molar-refractivity contribution is -0.115. The number of benzene rings is 5. The van der Waals surface area contributed by atoms with E-state index in [1.807, 2.05) is 0 Å². The van der Waals surface area contributed by atoms with Gasteiger partial charge in [0.1, 0.15) is 50.7 Å². The third kappa shape index (κ3) is 18.6. The van der Waals surface area contributed by atoms with Crippen LogP contribution in [0, 0.1) is 25.2 Å². The molecule has 7 aromatic rings. The van der Waals surface area contributed by atoms with E-state index in [2.05, 4.69) is 62.6 Å². The maximum absolute atomic E-state index is 12.8. The Kier molecular flexibility index (Phi) is 21.7. The molecule has 0 saturated heterocycles. The number of para-hydroxylation sites is 2. The third-order valence-corrected chi connectivity index (χ3v) is 17.8. The van der Waals surface area contributed by atoms with Gasteiger partial charge in [-0.05, 0) is 111 Å². The van der Waals surface area contributed by atoms with Crippen LogP contribution in [-0.4, -0.2) is 114 Å². The van der Waals surface area contributed by atoms with Gasteiger partial charge < -0.3 is 20.5 Å². The number of rotatable bonds is 26. The van der Waals surface area contributed by atoms with Gasteiger partial charge in [-0.3, -0.25) is 32.2 Å². The summed E-state index contributed by atoms with van der Waals surface area (Å²) in [5, 5.41) is 61.6. The number of nitriles is 1. The normalized spacial score (nSPS) is 12.6. The van der Waals surface area contributed by atoms with Crippen LogP contribution in [0.2, 0.25) is 5.02 Å². The van der Waals surface area contributed by atoms with Crippen molar-refractivity contribution in [3.8, 4) is 17.7 Å². The Hall–Kier alpha value is -7.89. The van der Waals surface area contributed by atoms with E-state index in [0.717, 1.165) is 35.7 Å². The summed E-state index contributed by atoms with van der Waals surface area (Å²) in [5.74, 6) is -3.36. The lowest BCUT2D eigenvalue weighted by Crippen LogP contribution is -2.08. The van der Waals surface area contributed by atoms with Gasteiger partial charge in [-0.15, -0.1) is 54.2 Å². The number of aromatic hydroxyl groups is 1. The van der Waals surface area contributed by atoms with E-state index >= 15 is 0 Å². The number of ether oxygens (including phenoxy) is 1. The minimum atomic E-state index is -4.78. The minimum Gasteiger partial charge on any atom is -0.493 e. The molecule has 36 heteroatoms. The topological polar surface area (TPSA) is 445 Å². The zero-order valence-corrected chi connectivity index (χ0v) is 51.5. The van der Waals surface area contributed by atoms with Crippen molar-refractivity contribution in [1.29, 1.82) is 5.26 Å². The van der Waals surface area contributed by atoms with Crippen molar-refractivity contribution < 1.29 is 71.3 Å². The van der Waals surface area contributed by atoms with Crippen LogP contribution < -0.4 is 15.4 Å². The fourth-order valence-corrected chi connectivity index (χ4v) is 12.6. The number of amides is 2. The number of aromatic nitrogens is 2. The molecule has 0 spiro atoms. The number of nitrogens with one attached hydrogen (secondary N) is 2. The van der Waals surface area contributed by atoms with Crippen LogP contribution in [0.1, 0.15) is 49.8 Å². The number of azo groups is 4. The molecular weight excluding hydrogens is 1280 g/mol. The fraction of sp³-hybridized carbons (Fsp3) is 0.255. The molecule has 87 heavy (non-hydrogen) atoms. The van der Waals surface area contributed by atoms with Crippen molar-refractivity contribution in [2.75, 3.05) is 46.0 Å². The molecule has 7 rings (SSSR count). The number of imidazole rings is 1. The first-order chi connectivity index (χ1) is 40.9. The number of fused-ring (bicyclic) bond motifs is 3. The predicted molar refractivity (Wildman–Crippen MR) is 324 cm³/mol. The highest BCUT2D eigenvalue weighted by Gasteiger charge is 2.23. The average molecular weight is 1330 g/mol. The summed E-state index contributed by atoms with van der Waals surface area (Å²) in [6.45, 7) is 5.29. The number of anilines is 2. The lowest BCUT2D eigenvalue weighted by Gasteiger charge is -2.13. The molecule has 2 aromatic heterocycles. The van der Waals surface area contributed by atoms with E-state index in [0.29, 0.717) is 16.6 Å². The van der Waals surface area contributed by atoms with E-state index in [1.165, 1.54) is 60.7 Å². The summed E-state index contributed by atoms with van der Waals surface area (Å²) in [7, 11) is -17.9. The number of nitrogens with zero attached hydrogens (tertiary/aromatic N) is 11. The third-order valence-electron chi connectivity index (χ3n) is 11.8. The molecule has 0 unspecified atom stereocenters. The molecule has 0 saturated carbocycles. The van der Waals surface area contributed by atoms with Gasteiger partial charge in [-0.2, -0.15) is 49.2 Å². The van der Waals surface area contributed by atoms with Crippen molar-refractivity contribution in [1.82, 2.24) is 9.38 Å². The Morgan fingerprint density at radius 1 is 0.655 bits per heavy atom. The smallest absolute Gasteiger partial charge is 0.296 e. The average Bonchev–Trinajstić information content (AvgIpc) is 1.97. The number of thioether (sulfide) groups is 2. The van der Waals surface area contributed by atoms with E-state index in [1.54, 1.807) is 38.1 Å². The Morgan fingerprint density at radius 3 is 1.71 bits per heavy atom. The van der Waals surface area contributed by atoms with Crippen LogP contribution in [0.25, 0.3) is 16.7 Å². The number of carbonyl (C=O) groups excluding carboxylic acids is 2. The number of hydrogen-bond donors (Lipinski definition) is 7. The molecule has 2 amide bonds. The van der Waals surface area contributed by atoms with Crippen LogP contribution in [0.15, 0.2) is 134 Å². The molecule has 0 aliphatic heterocycles. The zero-order valence-electron chi connectivity index (χ0n) is 45.8. The van der Waals surface area contributed by atoms with Gasteiger partial charge >= 0.3 is 0 Å². The standard InChI is InChI=1S/C51H50ClN13O16S6/c1-28-20-41(61-64-49-29(2)33(27-53)50-56-35-10-5-6-11-44(35)65(50)51(49)68)45(81-14-7-17-84(69,70)71)24-36(28)58-62-42-23-38(55-31(4)67)40(26-47(42)83-16-9-19-86(75,76)77)60-63-43-22-37(54-30(3)66)39(25-46(43)82-15-8-18-85(72,73)74)59-57-32-12-13-34(52)48(21-32)87(78,79)80/h5-6,10-13,20-26,68H,7-9,14-19H2,1-4H3,(H,54,66)(H,55,67)(H,69,70,71)(H,72,73,74)(H,75,76,77)(H,78,79,80). The first kappa shape index (κ1) is 66.6. The number of halogens is 1. The molecule has 0 fully saturated rings. The maximum Gasteiger partial charge on any atom is 0.296 e. The summed E-state index contributed by atoms with van der Waals surface area (Å²) in [5.41, 5.74) is 1.95. The Balaban J connectivity index is 1.33. The summed E-state index contributed by atoms with van der Waals surface area (Å²) in [6.07, 6.45) is -0.301. The molecule has 7 N–H and O–H groups in total. The van der Waals surface area contributed by atoms with Crippen molar-refractivity contribution in [2.24, 2.45) is 40.9 Å². The zero-order chi connectivity index (χ0) is 63.6. The molecule has 0 radical (unpaired) electrons. The van der Waals surface area contributed by atoms with Gasteiger partial charge in [-0.25, -0.2) is 4.98 Å². The maximum atomic E-state index is 12.8. The van der Waals surface area contributed by atoms with Crippen LogP contribution in [-0.2, 0) is 50.1 Å². The molecule has 458 valence electrons. The highest BCUT2D eigenvalue weighted by Crippen LogP contribution is 2.46. The predicted octanol–water partition coefficient (Wildman–Crippen LogP) is 12.6.